The molecule has 0 saturated carbocycles. The van der Waals surface area contributed by atoms with Crippen LogP contribution in [0.4, 0.5) is 0 Å². The number of carboxylic acids is 1. The molecule has 18 heavy (non-hydrogen) atoms. The Kier molecular flexibility index (Phi) is 2.73. The largest absolute Gasteiger partial charge is 0.476 e. The van der Waals surface area contributed by atoms with E-state index in [1.54, 1.807) is 11.6 Å². The average molecular weight is 253 g/mol. The van der Waals surface area contributed by atoms with Gasteiger partial charge in [0.15, 0.2) is 5.69 Å². The lowest BCUT2D eigenvalue weighted by Gasteiger charge is -2.27. The topological polar surface area (TPSA) is 77.2 Å². The molecule has 100 valence electrons. The molecule has 6 nitrogen and oxygen atoms in total. The maximum absolute atomic E-state index is 11.0. The van der Waals surface area contributed by atoms with Gasteiger partial charge in [0.1, 0.15) is 0 Å². The number of aromatic nitrogens is 3. The minimum Gasteiger partial charge on any atom is -0.476 e. The maximum Gasteiger partial charge on any atom is 0.358 e. The predicted octanol–water partition coefficient (Wildman–Crippen LogP) is 1.80. The normalized spacial score (nSPS) is 25.3. The Morgan fingerprint density at radius 3 is 2.44 bits per heavy atom. The van der Waals surface area contributed by atoms with Crippen LogP contribution in [0.2, 0.25) is 0 Å². The van der Waals surface area contributed by atoms with Gasteiger partial charge in [-0.25, -0.2) is 9.48 Å². The standard InChI is InChI=1S/C12H19N3O3/c1-7-9(10(16)17)13-14-15(7)8-6-11(2,3)18-12(8,4)5/h8H,6H2,1-5H3,(H,16,17). The first-order chi connectivity index (χ1) is 8.14. The van der Waals surface area contributed by atoms with Gasteiger partial charge in [0, 0.05) is 6.42 Å². The third kappa shape index (κ3) is 2.01. The Bertz CT molecular complexity index is 491. The number of carbonyl (C=O) groups is 1. The third-order valence-corrected chi connectivity index (χ3v) is 3.45. The van der Waals surface area contributed by atoms with Crippen molar-refractivity contribution in [2.75, 3.05) is 0 Å². The van der Waals surface area contributed by atoms with Gasteiger partial charge in [-0.05, 0) is 34.6 Å². The molecule has 1 unspecified atom stereocenters. The molecular formula is C12H19N3O3. The van der Waals surface area contributed by atoms with Crippen molar-refractivity contribution >= 4 is 5.97 Å². The number of carboxylic acid groups (broad SMARTS) is 1. The highest BCUT2D eigenvalue weighted by Crippen LogP contribution is 2.44. The van der Waals surface area contributed by atoms with E-state index in [0.717, 1.165) is 6.42 Å². The van der Waals surface area contributed by atoms with Crippen molar-refractivity contribution in [3.05, 3.63) is 11.4 Å². The van der Waals surface area contributed by atoms with Crippen molar-refractivity contribution in [2.45, 2.75) is 58.3 Å². The van der Waals surface area contributed by atoms with E-state index in [1.807, 2.05) is 27.7 Å². The molecule has 1 saturated heterocycles. The van der Waals surface area contributed by atoms with E-state index in [9.17, 15) is 4.79 Å². The van der Waals surface area contributed by atoms with Gasteiger partial charge in [-0.3, -0.25) is 0 Å². The molecule has 0 aliphatic carbocycles. The van der Waals surface area contributed by atoms with Crippen molar-refractivity contribution in [1.29, 1.82) is 0 Å². The number of hydrogen-bond acceptors (Lipinski definition) is 4. The van der Waals surface area contributed by atoms with Crippen LogP contribution < -0.4 is 0 Å². The van der Waals surface area contributed by atoms with Crippen molar-refractivity contribution in [3.63, 3.8) is 0 Å². The van der Waals surface area contributed by atoms with Crippen LogP contribution in [-0.2, 0) is 4.74 Å². The summed E-state index contributed by atoms with van der Waals surface area (Å²) in [5.74, 6) is -1.05. The van der Waals surface area contributed by atoms with Crippen LogP contribution in [0.3, 0.4) is 0 Å². The van der Waals surface area contributed by atoms with Crippen molar-refractivity contribution in [3.8, 4) is 0 Å². The summed E-state index contributed by atoms with van der Waals surface area (Å²) >= 11 is 0. The third-order valence-electron chi connectivity index (χ3n) is 3.45. The highest BCUT2D eigenvalue weighted by molar-refractivity contribution is 5.86. The number of ether oxygens (including phenoxy) is 1. The van der Waals surface area contributed by atoms with E-state index in [1.165, 1.54) is 0 Å². The van der Waals surface area contributed by atoms with Crippen molar-refractivity contribution < 1.29 is 14.6 Å². The van der Waals surface area contributed by atoms with Gasteiger partial charge in [-0.2, -0.15) is 0 Å². The first-order valence-corrected chi connectivity index (χ1v) is 5.99. The summed E-state index contributed by atoms with van der Waals surface area (Å²) in [5, 5.41) is 16.7. The highest BCUT2D eigenvalue weighted by Gasteiger charge is 2.48. The first-order valence-electron chi connectivity index (χ1n) is 5.99. The zero-order valence-corrected chi connectivity index (χ0v) is 11.4. The molecule has 1 aliphatic rings. The SMILES string of the molecule is Cc1c(C(=O)O)nnn1C1CC(C)(C)OC1(C)C. The van der Waals surface area contributed by atoms with Crippen LogP contribution in [0.25, 0.3) is 0 Å². The first kappa shape index (κ1) is 13.0. The maximum atomic E-state index is 11.0. The average Bonchev–Trinajstić information content (AvgIpc) is 2.63. The molecule has 1 fully saturated rings. The monoisotopic (exact) mass is 253 g/mol. The lowest BCUT2D eigenvalue weighted by Crippen LogP contribution is -2.32. The van der Waals surface area contributed by atoms with E-state index in [2.05, 4.69) is 10.3 Å². The molecule has 0 spiro atoms. The Morgan fingerprint density at radius 2 is 2.06 bits per heavy atom. The molecule has 0 bridgehead atoms. The summed E-state index contributed by atoms with van der Waals surface area (Å²) < 4.78 is 7.67. The van der Waals surface area contributed by atoms with Crippen LogP contribution in [0.5, 0.6) is 0 Å². The molecule has 1 aliphatic heterocycles. The van der Waals surface area contributed by atoms with E-state index >= 15 is 0 Å². The van der Waals surface area contributed by atoms with Gasteiger partial charge in [-0.1, -0.05) is 5.21 Å². The summed E-state index contributed by atoms with van der Waals surface area (Å²) in [6.45, 7) is 9.77. The van der Waals surface area contributed by atoms with E-state index in [0.29, 0.717) is 5.69 Å². The molecule has 1 N–H and O–H groups in total. The fraction of sp³-hybridized carbons (Fsp3) is 0.750. The Hall–Kier alpha value is -1.43. The van der Waals surface area contributed by atoms with Gasteiger partial charge < -0.3 is 9.84 Å². The predicted molar refractivity (Wildman–Crippen MR) is 64.6 cm³/mol. The summed E-state index contributed by atoms with van der Waals surface area (Å²) in [5.41, 5.74) is -0.0504. The lowest BCUT2D eigenvalue weighted by atomic mass is 9.94. The minimum atomic E-state index is -1.05. The van der Waals surface area contributed by atoms with Crippen molar-refractivity contribution in [2.24, 2.45) is 0 Å². The second kappa shape index (κ2) is 3.78. The summed E-state index contributed by atoms with van der Waals surface area (Å²) in [7, 11) is 0. The fourth-order valence-corrected chi connectivity index (χ4v) is 2.75. The fourth-order valence-electron chi connectivity index (χ4n) is 2.75. The van der Waals surface area contributed by atoms with Gasteiger partial charge in [0.25, 0.3) is 0 Å². The van der Waals surface area contributed by atoms with E-state index < -0.39 is 11.6 Å². The molecule has 0 aromatic carbocycles. The quantitative estimate of drug-likeness (QED) is 0.869. The lowest BCUT2D eigenvalue weighted by molar-refractivity contribution is -0.0740. The molecular weight excluding hydrogens is 234 g/mol. The highest BCUT2D eigenvalue weighted by atomic mass is 16.5. The second-order valence-corrected chi connectivity index (χ2v) is 5.96. The second-order valence-electron chi connectivity index (χ2n) is 5.96. The molecule has 1 aromatic heterocycles. The van der Waals surface area contributed by atoms with Gasteiger partial charge >= 0.3 is 5.97 Å². The van der Waals surface area contributed by atoms with Crippen LogP contribution in [0.15, 0.2) is 0 Å². The smallest absolute Gasteiger partial charge is 0.358 e. The van der Waals surface area contributed by atoms with Crippen molar-refractivity contribution in [1.82, 2.24) is 15.0 Å². The molecule has 2 rings (SSSR count). The molecule has 2 heterocycles. The Balaban J connectivity index is 2.41. The number of hydrogen-bond donors (Lipinski definition) is 1. The molecule has 0 amide bonds. The van der Waals surface area contributed by atoms with E-state index in [-0.39, 0.29) is 17.3 Å². The molecule has 1 aromatic rings. The minimum absolute atomic E-state index is 0.00639. The number of rotatable bonds is 2. The molecule has 1 atom stereocenters. The van der Waals surface area contributed by atoms with E-state index in [4.69, 9.17) is 9.84 Å². The zero-order valence-electron chi connectivity index (χ0n) is 11.4. The van der Waals surface area contributed by atoms with Crippen LogP contribution >= 0.6 is 0 Å². The Labute approximate surface area is 106 Å². The van der Waals surface area contributed by atoms with Crippen LogP contribution in [0.1, 0.15) is 56.3 Å². The van der Waals surface area contributed by atoms with Crippen LogP contribution in [-0.4, -0.2) is 37.3 Å². The zero-order chi connectivity index (χ0) is 13.7. The van der Waals surface area contributed by atoms with Gasteiger partial charge in [-0.15, -0.1) is 5.10 Å². The molecule has 6 heteroatoms. The summed E-state index contributed by atoms with van der Waals surface area (Å²) in [4.78, 5) is 11.0. The number of aromatic carboxylic acids is 1. The Morgan fingerprint density at radius 1 is 1.44 bits per heavy atom. The van der Waals surface area contributed by atoms with Gasteiger partial charge in [0.2, 0.25) is 0 Å². The number of nitrogens with zero attached hydrogens (tertiary/aromatic N) is 3. The van der Waals surface area contributed by atoms with Gasteiger partial charge in [0.05, 0.1) is 22.9 Å². The summed E-state index contributed by atoms with van der Waals surface area (Å²) in [6.07, 6.45) is 0.781. The summed E-state index contributed by atoms with van der Waals surface area (Å²) in [6, 6.07) is -0.00639. The molecule has 0 radical (unpaired) electrons. The van der Waals surface area contributed by atoms with Crippen LogP contribution in [0, 0.1) is 6.92 Å².